The molecule has 0 radical (unpaired) electrons. The van der Waals surface area contributed by atoms with E-state index in [9.17, 15) is 4.79 Å². The van der Waals surface area contributed by atoms with E-state index in [0.29, 0.717) is 6.42 Å². The Morgan fingerprint density at radius 2 is 1.74 bits per heavy atom. The average molecular weight is 315 g/mol. The molecule has 0 N–H and O–H groups in total. The number of hydrogen-bond donors (Lipinski definition) is 0. The van der Waals surface area contributed by atoms with Gasteiger partial charge in [0.2, 0.25) is 0 Å². The molecule has 0 bridgehead atoms. The normalized spacial score (nSPS) is 17.8. The van der Waals surface area contributed by atoms with Gasteiger partial charge in [-0.15, -0.1) is 0 Å². The quantitative estimate of drug-likeness (QED) is 0.781. The van der Waals surface area contributed by atoms with Crippen LogP contribution < -0.4 is 0 Å². The van der Waals surface area contributed by atoms with E-state index in [2.05, 4.69) is 20.8 Å². The molecule has 0 atom stereocenters. The SMILES string of the molecule is CC(C)(C)OCCCc1c2c(nc3c1CCCC3=O)CCCC2. The highest BCUT2D eigenvalue weighted by molar-refractivity contribution is 5.97. The highest BCUT2D eigenvalue weighted by Gasteiger charge is 2.26. The van der Waals surface area contributed by atoms with Crippen LogP contribution >= 0.6 is 0 Å². The van der Waals surface area contributed by atoms with Crippen molar-refractivity contribution in [2.24, 2.45) is 0 Å². The second kappa shape index (κ2) is 6.72. The topological polar surface area (TPSA) is 39.2 Å². The highest BCUT2D eigenvalue weighted by atomic mass is 16.5. The predicted molar refractivity (Wildman–Crippen MR) is 92.2 cm³/mol. The highest BCUT2D eigenvalue weighted by Crippen LogP contribution is 2.32. The molecular formula is C20H29NO2. The van der Waals surface area contributed by atoms with Crippen LogP contribution in [0, 0.1) is 0 Å². The monoisotopic (exact) mass is 315 g/mol. The lowest BCUT2D eigenvalue weighted by Gasteiger charge is -2.26. The summed E-state index contributed by atoms with van der Waals surface area (Å²) in [5, 5.41) is 0. The molecule has 0 saturated heterocycles. The first-order valence-corrected chi connectivity index (χ1v) is 9.16. The predicted octanol–water partition coefficient (Wildman–Crippen LogP) is 4.23. The van der Waals surface area contributed by atoms with E-state index in [4.69, 9.17) is 9.72 Å². The molecule has 1 aromatic rings. The Bertz CT molecular complexity index is 599. The number of rotatable bonds is 4. The number of ether oxygens (including phenoxy) is 1. The first-order valence-electron chi connectivity index (χ1n) is 9.16. The van der Waals surface area contributed by atoms with Crippen molar-refractivity contribution < 1.29 is 9.53 Å². The van der Waals surface area contributed by atoms with Gasteiger partial charge in [0, 0.05) is 18.7 Å². The molecule has 0 saturated carbocycles. The van der Waals surface area contributed by atoms with Gasteiger partial charge in [-0.2, -0.15) is 0 Å². The van der Waals surface area contributed by atoms with Crippen molar-refractivity contribution in [3.05, 3.63) is 28.1 Å². The minimum atomic E-state index is -0.0763. The summed E-state index contributed by atoms with van der Waals surface area (Å²) in [4.78, 5) is 17.1. The van der Waals surface area contributed by atoms with Crippen molar-refractivity contribution >= 4 is 5.78 Å². The van der Waals surface area contributed by atoms with Crippen LogP contribution in [-0.4, -0.2) is 23.0 Å². The molecule has 1 heterocycles. The number of Topliss-reactive ketones (excluding diaryl/α,β-unsaturated/α-hetero) is 1. The molecule has 3 nitrogen and oxygen atoms in total. The lowest BCUT2D eigenvalue weighted by molar-refractivity contribution is -0.00387. The average Bonchev–Trinajstić information content (AvgIpc) is 2.50. The fraction of sp³-hybridized carbons (Fsp3) is 0.700. The van der Waals surface area contributed by atoms with Gasteiger partial charge in [-0.3, -0.25) is 4.79 Å². The number of hydrogen-bond acceptors (Lipinski definition) is 3. The Kier molecular flexibility index (Phi) is 4.86. The van der Waals surface area contributed by atoms with E-state index in [0.717, 1.165) is 50.8 Å². The third-order valence-corrected chi connectivity index (χ3v) is 4.90. The van der Waals surface area contributed by atoms with Gasteiger partial charge < -0.3 is 4.74 Å². The van der Waals surface area contributed by atoms with E-state index < -0.39 is 0 Å². The maximum absolute atomic E-state index is 12.3. The van der Waals surface area contributed by atoms with Crippen molar-refractivity contribution in [2.45, 2.75) is 84.2 Å². The van der Waals surface area contributed by atoms with Crippen molar-refractivity contribution in [1.29, 1.82) is 0 Å². The second-order valence-electron chi connectivity index (χ2n) is 7.89. The summed E-state index contributed by atoms with van der Waals surface area (Å²) in [7, 11) is 0. The van der Waals surface area contributed by atoms with Crippen LogP contribution in [0.3, 0.4) is 0 Å². The first-order chi connectivity index (χ1) is 11.0. The second-order valence-corrected chi connectivity index (χ2v) is 7.89. The van der Waals surface area contributed by atoms with Crippen LogP contribution in [0.15, 0.2) is 0 Å². The molecule has 0 amide bonds. The van der Waals surface area contributed by atoms with Crippen molar-refractivity contribution in [3.8, 4) is 0 Å². The van der Waals surface area contributed by atoms with Crippen LogP contribution in [0.1, 0.15) is 85.7 Å². The molecule has 0 unspecified atom stereocenters. The minimum Gasteiger partial charge on any atom is -0.376 e. The zero-order valence-corrected chi connectivity index (χ0v) is 14.8. The third-order valence-electron chi connectivity index (χ3n) is 4.90. The number of carbonyl (C=O) groups is 1. The fourth-order valence-corrected chi connectivity index (χ4v) is 3.84. The van der Waals surface area contributed by atoms with Crippen LogP contribution in [0.5, 0.6) is 0 Å². The number of aromatic nitrogens is 1. The van der Waals surface area contributed by atoms with E-state index in [-0.39, 0.29) is 11.4 Å². The molecule has 23 heavy (non-hydrogen) atoms. The van der Waals surface area contributed by atoms with Crippen molar-refractivity contribution in [3.63, 3.8) is 0 Å². The lowest BCUT2D eigenvalue weighted by Crippen LogP contribution is -2.22. The molecule has 1 aromatic heterocycles. The molecule has 2 aliphatic rings. The van der Waals surface area contributed by atoms with Gasteiger partial charge >= 0.3 is 0 Å². The van der Waals surface area contributed by atoms with E-state index in [1.165, 1.54) is 35.2 Å². The van der Waals surface area contributed by atoms with Gasteiger partial charge in [0.05, 0.1) is 5.60 Å². The number of aryl methyl sites for hydroxylation is 1. The van der Waals surface area contributed by atoms with Gasteiger partial charge in [-0.1, -0.05) is 0 Å². The molecule has 0 spiro atoms. The largest absolute Gasteiger partial charge is 0.376 e. The maximum atomic E-state index is 12.3. The Balaban J connectivity index is 1.85. The summed E-state index contributed by atoms with van der Waals surface area (Å²) in [6.07, 6.45) is 9.37. The van der Waals surface area contributed by atoms with Crippen molar-refractivity contribution in [2.75, 3.05) is 6.61 Å². The molecule has 2 aliphatic carbocycles. The Labute approximate surface area is 139 Å². The van der Waals surface area contributed by atoms with Gasteiger partial charge in [0.1, 0.15) is 5.69 Å². The summed E-state index contributed by atoms with van der Waals surface area (Å²) < 4.78 is 5.88. The Morgan fingerprint density at radius 3 is 2.52 bits per heavy atom. The number of fused-ring (bicyclic) bond motifs is 2. The Morgan fingerprint density at radius 1 is 1.00 bits per heavy atom. The van der Waals surface area contributed by atoms with Gasteiger partial charge in [0.25, 0.3) is 0 Å². The summed E-state index contributed by atoms with van der Waals surface area (Å²) >= 11 is 0. The van der Waals surface area contributed by atoms with Crippen molar-refractivity contribution in [1.82, 2.24) is 4.98 Å². The molecule has 0 aromatic carbocycles. The van der Waals surface area contributed by atoms with E-state index >= 15 is 0 Å². The van der Waals surface area contributed by atoms with Crippen LogP contribution in [0.2, 0.25) is 0 Å². The standard InChI is InChI=1S/C20H29NO2/c1-20(2,3)23-13-7-10-14-15-8-4-5-11-17(15)21-19-16(14)9-6-12-18(19)22/h4-13H2,1-3H3. The van der Waals surface area contributed by atoms with E-state index in [1.807, 2.05) is 0 Å². The first kappa shape index (κ1) is 16.6. The summed E-state index contributed by atoms with van der Waals surface area (Å²) in [6.45, 7) is 7.08. The van der Waals surface area contributed by atoms with Gasteiger partial charge in [-0.25, -0.2) is 4.98 Å². The molecule has 3 heteroatoms. The number of ketones is 1. The summed E-state index contributed by atoms with van der Waals surface area (Å²) in [6, 6.07) is 0. The molecule has 126 valence electrons. The third kappa shape index (κ3) is 3.82. The zero-order valence-electron chi connectivity index (χ0n) is 14.8. The molecule has 0 aliphatic heterocycles. The minimum absolute atomic E-state index is 0.0763. The van der Waals surface area contributed by atoms with Crippen LogP contribution in [0.4, 0.5) is 0 Å². The number of nitrogens with zero attached hydrogens (tertiary/aromatic N) is 1. The molecule has 0 fully saturated rings. The lowest BCUT2D eigenvalue weighted by atomic mass is 9.82. The van der Waals surface area contributed by atoms with Crippen LogP contribution in [-0.2, 0) is 30.4 Å². The summed E-state index contributed by atoms with van der Waals surface area (Å²) in [5.74, 6) is 0.256. The fourth-order valence-electron chi connectivity index (χ4n) is 3.84. The van der Waals surface area contributed by atoms with Gasteiger partial charge in [0.15, 0.2) is 5.78 Å². The van der Waals surface area contributed by atoms with Crippen LogP contribution in [0.25, 0.3) is 0 Å². The Hall–Kier alpha value is -1.22. The van der Waals surface area contributed by atoms with Gasteiger partial charge in [-0.05, 0) is 88.8 Å². The zero-order chi connectivity index (χ0) is 16.4. The number of carbonyl (C=O) groups excluding carboxylic acids is 1. The molecular weight excluding hydrogens is 286 g/mol. The maximum Gasteiger partial charge on any atom is 0.181 e. The molecule has 3 rings (SSSR count). The van der Waals surface area contributed by atoms with E-state index in [1.54, 1.807) is 0 Å². The summed E-state index contributed by atoms with van der Waals surface area (Å²) in [5.41, 5.74) is 6.08. The number of pyridine rings is 1. The smallest absolute Gasteiger partial charge is 0.181 e.